The lowest BCUT2D eigenvalue weighted by Gasteiger charge is -2.08. The highest BCUT2D eigenvalue weighted by Gasteiger charge is 2.23. The number of ether oxygens (including phenoxy) is 1. The van der Waals surface area contributed by atoms with Gasteiger partial charge in [0.2, 0.25) is 5.91 Å². The SMILES string of the molecule is Cc1ccccc1OCCNC(=O)/C=C/c1ccc(C(=O)NC2CC2)cc1. The van der Waals surface area contributed by atoms with Gasteiger partial charge < -0.3 is 15.4 Å². The smallest absolute Gasteiger partial charge is 0.251 e. The molecule has 0 atom stereocenters. The van der Waals surface area contributed by atoms with E-state index >= 15 is 0 Å². The summed E-state index contributed by atoms with van der Waals surface area (Å²) < 4.78 is 5.64. The third-order valence-corrected chi connectivity index (χ3v) is 4.27. The fourth-order valence-corrected chi connectivity index (χ4v) is 2.53. The Kier molecular flexibility index (Phi) is 6.26. The number of carbonyl (C=O) groups excluding carboxylic acids is 2. The molecule has 0 spiro atoms. The van der Waals surface area contributed by atoms with Gasteiger partial charge in [-0.2, -0.15) is 0 Å². The minimum atomic E-state index is -0.182. The van der Waals surface area contributed by atoms with Gasteiger partial charge in [0.15, 0.2) is 0 Å². The summed E-state index contributed by atoms with van der Waals surface area (Å²) in [6.45, 7) is 2.82. The van der Waals surface area contributed by atoms with Gasteiger partial charge in [0.1, 0.15) is 12.4 Å². The second-order valence-corrected chi connectivity index (χ2v) is 6.61. The molecule has 2 N–H and O–H groups in total. The van der Waals surface area contributed by atoms with Gasteiger partial charge in [0.05, 0.1) is 6.54 Å². The fourth-order valence-electron chi connectivity index (χ4n) is 2.53. The third-order valence-electron chi connectivity index (χ3n) is 4.27. The van der Waals surface area contributed by atoms with Crippen LogP contribution in [0.3, 0.4) is 0 Å². The van der Waals surface area contributed by atoms with Gasteiger partial charge >= 0.3 is 0 Å². The Morgan fingerprint density at radius 3 is 2.56 bits per heavy atom. The van der Waals surface area contributed by atoms with E-state index in [1.807, 2.05) is 43.3 Å². The third kappa shape index (κ3) is 5.99. The van der Waals surface area contributed by atoms with Crippen molar-refractivity contribution in [2.75, 3.05) is 13.2 Å². The molecule has 0 saturated heterocycles. The highest BCUT2D eigenvalue weighted by atomic mass is 16.5. The number of rotatable bonds is 8. The molecular weight excluding hydrogens is 340 g/mol. The number of hydrogen-bond acceptors (Lipinski definition) is 3. The van der Waals surface area contributed by atoms with Crippen molar-refractivity contribution in [1.82, 2.24) is 10.6 Å². The molecule has 0 unspecified atom stereocenters. The molecule has 1 aliphatic rings. The zero-order chi connectivity index (χ0) is 19.1. The van der Waals surface area contributed by atoms with Gasteiger partial charge in [-0.05, 0) is 55.2 Å². The first-order valence-corrected chi connectivity index (χ1v) is 9.17. The molecule has 5 nitrogen and oxygen atoms in total. The zero-order valence-electron chi connectivity index (χ0n) is 15.4. The zero-order valence-corrected chi connectivity index (χ0v) is 15.4. The number of para-hydroxylation sites is 1. The molecule has 0 heterocycles. The van der Waals surface area contributed by atoms with Crippen molar-refractivity contribution in [3.63, 3.8) is 0 Å². The second-order valence-electron chi connectivity index (χ2n) is 6.61. The fraction of sp³-hybridized carbons (Fsp3) is 0.273. The normalized spacial score (nSPS) is 13.4. The van der Waals surface area contributed by atoms with Crippen molar-refractivity contribution < 1.29 is 14.3 Å². The quantitative estimate of drug-likeness (QED) is 0.559. The van der Waals surface area contributed by atoms with E-state index in [-0.39, 0.29) is 11.8 Å². The number of hydrogen-bond donors (Lipinski definition) is 2. The molecule has 1 fully saturated rings. The summed E-state index contributed by atoms with van der Waals surface area (Å²) in [5.41, 5.74) is 2.57. The van der Waals surface area contributed by atoms with Crippen LogP contribution in [0.2, 0.25) is 0 Å². The van der Waals surface area contributed by atoms with E-state index in [1.165, 1.54) is 6.08 Å². The van der Waals surface area contributed by atoms with Gasteiger partial charge in [0.25, 0.3) is 5.91 Å². The highest BCUT2D eigenvalue weighted by Crippen LogP contribution is 2.19. The van der Waals surface area contributed by atoms with Crippen molar-refractivity contribution in [1.29, 1.82) is 0 Å². The van der Waals surface area contributed by atoms with E-state index in [0.717, 1.165) is 29.7 Å². The maximum atomic E-state index is 11.9. The van der Waals surface area contributed by atoms with Gasteiger partial charge in [0, 0.05) is 17.7 Å². The van der Waals surface area contributed by atoms with Gasteiger partial charge in [-0.25, -0.2) is 0 Å². The molecule has 5 heteroatoms. The average molecular weight is 364 g/mol. The van der Waals surface area contributed by atoms with Crippen LogP contribution in [0.4, 0.5) is 0 Å². The summed E-state index contributed by atoms with van der Waals surface area (Å²) in [5.74, 6) is 0.603. The van der Waals surface area contributed by atoms with E-state index in [4.69, 9.17) is 4.74 Å². The van der Waals surface area contributed by atoms with Crippen molar-refractivity contribution in [3.05, 3.63) is 71.3 Å². The van der Waals surface area contributed by atoms with Crippen LogP contribution in [0, 0.1) is 6.92 Å². The second kappa shape index (κ2) is 9.03. The van der Waals surface area contributed by atoms with Crippen LogP contribution in [0.1, 0.15) is 34.3 Å². The molecule has 0 radical (unpaired) electrons. The number of amides is 2. The summed E-state index contributed by atoms with van der Waals surface area (Å²) in [4.78, 5) is 23.8. The summed E-state index contributed by atoms with van der Waals surface area (Å²) in [6, 6.07) is 15.3. The molecule has 140 valence electrons. The van der Waals surface area contributed by atoms with Crippen LogP contribution in [0.15, 0.2) is 54.6 Å². The Labute approximate surface area is 159 Å². The lowest BCUT2D eigenvalue weighted by molar-refractivity contribution is -0.116. The van der Waals surface area contributed by atoms with Crippen LogP contribution in [-0.4, -0.2) is 31.0 Å². The molecule has 2 aromatic carbocycles. The predicted molar refractivity (Wildman–Crippen MR) is 106 cm³/mol. The molecule has 3 rings (SSSR count). The maximum Gasteiger partial charge on any atom is 0.251 e. The van der Waals surface area contributed by atoms with Crippen molar-refractivity contribution in [2.45, 2.75) is 25.8 Å². The monoisotopic (exact) mass is 364 g/mol. The number of aryl methyl sites for hydroxylation is 1. The van der Waals surface area contributed by atoms with Crippen LogP contribution in [-0.2, 0) is 4.79 Å². The Morgan fingerprint density at radius 2 is 1.85 bits per heavy atom. The van der Waals surface area contributed by atoms with E-state index in [9.17, 15) is 9.59 Å². The number of nitrogens with one attached hydrogen (secondary N) is 2. The summed E-state index contributed by atoms with van der Waals surface area (Å²) in [7, 11) is 0. The Bertz CT molecular complexity index is 824. The van der Waals surface area contributed by atoms with Crippen molar-refractivity contribution >= 4 is 17.9 Å². The van der Waals surface area contributed by atoms with Crippen LogP contribution < -0.4 is 15.4 Å². The molecule has 1 aliphatic carbocycles. The first-order chi connectivity index (χ1) is 13.1. The Balaban J connectivity index is 1.40. The standard InChI is InChI=1S/C22H24N2O3/c1-16-4-2-3-5-20(16)27-15-14-23-21(25)13-8-17-6-9-18(10-7-17)22(26)24-19-11-12-19/h2-10,13,19H,11-12,14-15H2,1H3,(H,23,25)(H,24,26)/b13-8+. The van der Waals surface area contributed by atoms with Gasteiger partial charge in [-0.15, -0.1) is 0 Å². The lowest BCUT2D eigenvalue weighted by atomic mass is 10.1. The molecule has 1 saturated carbocycles. The summed E-state index contributed by atoms with van der Waals surface area (Å²) in [6.07, 6.45) is 5.34. The van der Waals surface area contributed by atoms with Crippen LogP contribution in [0.5, 0.6) is 5.75 Å². The largest absolute Gasteiger partial charge is 0.491 e. The molecule has 27 heavy (non-hydrogen) atoms. The van der Waals surface area contributed by atoms with E-state index in [1.54, 1.807) is 18.2 Å². The molecule has 2 aromatic rings. The molecule has 0 aromatic heterocycles. The molecular formula is C22H24N2O3. The highest BCUT2D eigenvalue weighted by molar-refractivity contribution is 5.95. The van der Waals surface area contributed by atoms with Crippen LogP contribution in [0.25, 0.3) is 6.08 Å². The topological polar surface area (TPSA) is 67.4 Å². The first kappa shape index (κ1) is 18.7. The summed E-state index contributed by atoms with van der Waals surface area (Å²) >= 11 is 0. The summed E-state index contributed by atoms with van der Waals surface area (Å²) in [5, 5.41) is 5.74. The van der Waals surface area contributed by atoms with E-state index in [0.29, 0.717) is 24.8 Å². The van der Waals surface area contributed by atoms with E-state index < -0.39 is 0 Å². The van der Waals surface area contributed by atoms with Crippen molar-refractivity contribution in [3.8, 4) is 5.75 Å². The minimum absolute atomic E-state index is 0.0422. The lowest BCUT2D eigenvalue weighted by Crippen LogP contribution is -2.26. The van der Waals surface area contributed by atoms with Crippen molar-refractivity contribution in [2.24, 2.45) is 0 Å². The Morgan fingerprint density at radius 1 is 1.11 bits per heavy atom. The van der Waals surface area contributed by atoms with E-state index in [2.05, 4.69) is 10.6 Å². The first-order valence-electron chi connectivity index (χ1n) is 9.17. The van der Waals surface area contributed by atoms with Gasteiger partial charge in [-0.1, -0.05) is 30.3 Å². The molecule has 0 aliphatic heterocycles. The average Bonchev–Trinajstić information content (AvgIpc) is 3.49. The predicted octanol–water partition coefficient (Wildman–Crippen LogP) is 3.10. The number of carbonyl (C=O) groups is 2. The number of benzene rings is 2. The van der Waals surface area contributed by atoms with Crippen LogP contribution >= 0.6 is 0 Å². The molecule has 0 bridgehead atoms. The minimum Gasteiger partial charge on any atom is -0.491 e. The molecule has 2 amide bonds. The maximum absolute atomic E-state index is 11.9. The Hall–Kier alpha value is -3.08. The van der Waals surface area contributed by atoms with Gasteiger partial charge in [-0.3, -0.25) is 9.59 Å².